The van der Waals surface area contributed by atoms with Crippen molar-refractivity contribution >= 4 is 30.3 Å². The van der Waals surface area contributed by atoms with Gasteiger partial charge in [0.25, 0.3) is 0 Å². The molecule has 0 saturated carbocycles. The van der Waals surface area contributed by atoms with Crippen molar-refractivity contribution in [3.05, 3.63) is 59.7 Å². The van der Waals surface area contributed by atoms with Gasteiger partial charge in [-0.2, -0.15) is 12.6 Å². The molecule has 7 heteroatoms. The van der Waals surface area contributed by atoms with Crippen LogP contribution in [-0.4, -0.2) is 41.6 Å². The highest BCUT2D eigenvalue weighted by molar-refractivity contribution is 7.80. The van der Waals surface area contributed by atoms with Crippen LogP contribution in [0.2, 0.25) is 0 Å². The normalized spacial score (nSPS) is 11.9. The lowest BCUT2D eigenvalue weighted by atomic mass is 9.97. The van der Waals surface area contributed by atoms with Crippen LogP contribution in [0.15, 0.2) is 48.5 Å². The van der Waals surface area contributed by atoms with Gasteiger partial charge in [0.1, 0.15) is 0 Å². The zero-order valence-electron chi connectivity index (χ0n) is 20.0. The molecule has 0 bridgehead atoms. The number of hydrogen-bond donors (Lipinski definition) is 4. The standard InChI is InChI=1S/C27H36N2O4S/c1-19(2)25(18-34)26(31)29-17-22(30)8-4-3-7-15-28-16-20-11-13-21(14-12-20)23-9-5-6-10-24(23)27(32)33/h5-6,9-14,19,25,28,34H,3-4,7-8,15-18H2,1-2H3,(H,29,31)(H,32,33). The van der Waals surface area contributed by atoms with E-state index in [1.165, 1.54) is 0 Å². The van der Waals surface area contributed by atoms with Gasteiger partial charge in [-0.15, -0.1) is 0 Å². The van der Waals surface area contributed by atoms with E-state index in [-0.39, 0.29) is 30.1 Å². The van der Waals surface area contributed by atoms with Crippen LogP contribution in [0.5, 0.6) is 0 Å². The molecule has 184 valence electrons. The SMILES string of the molecule is CC(C)C(CS)C(=O)NCC(=O)CCCCCNCc1ccc(-c2ccccc2C(=O)O)cc1. The molecule has 2 rings (SSSR count). The van der Waals surface area contributed by atoms with Crippen molar-refractivity contribution < 1.29 is 19.5 Å². The smallest absolute Gasteiger partial charge is 0.336 e. The number of thiol groups is 1. The summed E-state index contributed by atoms with van der Waals surface area (Å²) in [5.41, 5.74) is 3.02. The number of nitrogens with one attached hydrogen (secondary N) is 2. The van der Waals surface area contributed by atoms with E-state index in [0.29, 0.717) is 23.3 Å². The molecule has 0 fully saturated rings. The van der Waals surface area contributed by atoms with E-state index >= 15 is 0 Å². The Hall–Kier alpha value is -2.64. The molecule has 0 saturated heterocycles. The largest absolute Gasteiger partial charge is 0.478 e. The first-order valence-corrected chi connectivity index (χ1v) is 12.5. The zero-order valence-corrected chi connectivity index (χ0v) is 20.9. The van der Waals surface area contributed by atoms with Gasteiger partial charge in [-0.25, -0.2) is 4.79 Å². The molecule has 0 heterocycles. The fourth-order valence-corrected chi connectivity index (χ4v) is 4.29. The number of carboxylic acids is 1. The van der Waals surface area contributed by atoms with E-state index in [1.807, 2.05) is 50.2 Å². The molecule has 1 atom stereocenters. The molecule has 1 unspecified atom stereocenters. The van der Waals surface area contributed by atoms with Gasteiger partial charge in [0.05, 0.1) is 12.1 Å². The predicted octanol–water partition coefficient (Wildman–Crippen LogP) is 4.59. The molecule has 0 aliphatic heterocycles. The van der Waals surface area contributed by atoms with Crippen molar-refractivity contribution in [3.63, 3.8) is 0 Å². The lowest BCUT2D eigenvalue weighted by Crippen LogP contribution is -2.37. The van der Waals surface area contributed by atoms with Gasteiger partial charge in [0.15, 0.2) is 5.78 Å². The van der Waals surface area contributed by atoms with E-state index < -0.39 is 5.97 Å². The van der Waals surface area contributed by atoms with Gasteiger partial charge in [0.2, 0.25) is 5.91 Å². The first-order chi connectivity index (χ1) is 16.3. The summed E-state index contributed by atoms with van der Waals surface area (Å²) in [4.78, 5) is 35.5. The molecular weight excluding hydrogens is 448 g/mol. The number of ketones is 1. The molecule has 1 amide bonds. The summed E-state index contributed by atoms with van der Waals surface area (Å²) in [7, 11) is 0. The lowest BCUT2D eigenvalue weighted by molar-refractivity contribution is -0.128. The van der Waals surface area contributed by atoms with Crippen molar-refractivity contribution in [2.75, 3.05) is 18.8 Å². The molecule has 6 nitrogen and oxygen atoms in total. The monoisotopic (exact) mass is 484 g/mol. The van der Waals surface area contributed by atoms with E-state index in [9.17, 15) is 19.5 Å². The number of carbonyl (C=O) groups is 3. The quantitative estimate of drug-likeness (QED) is 0.219. The number of benzene rings is 2. The Labute approximate surface area is 207 Å². The number of carboxylic acid groups (broad SMARTS) is 1. The Bertz CT molecular complexity index is 944. The number of rotatable bonds is 15. The topological polar surface area (TPSA) is 95.5 Å². The van der Waals surface area contributed by atoms with Crippen molar-refractivity contribution in [1.82, 2.24) is 10.6 Å². The van der Waals surface area contributed by atoms with Gasteiger partial charge < -0.3 is 15.7 Å². The number of hydrogen-bond acceptors (Lipinski definition) is 5. The summed E-state index contributed by atoms with van der Waals surface area (Å²) >= 11 is 4.22. The first-order valence-electron chi connectivity index (χ1n) is 11.9. The Kier molecular flexibility index (Phi) is 11.8. The third-order valence-corrected chi connectivity index (χ3v) is 6.25. The van der Waals surface area contributed by atoms with Crippen molar-refractivity contribution in [2.24, 2.45) is 11.8 Å². The summed E-state index contributed by atoms with van der Waals surface area (Å²) in [6, 6.07) is 14.9. The number of aromatic carboxylic acids is 1. The average Bonchev–Trinajstić information content (AvgIpc) is 2.82. The van der Waals surface area contributed by atoms with Crippen LogP contribution < -0.4 is 10.6 Å². The number of amides is 1. The second-order valence-corrected chi connectivity index (χ2v) is 9.19. The van der Waals surface area contributed by atoms with Crippen molar-refractivity contribution in [1.29, 1.82) is 0 Å². The van der Waals surface area contributed by atoms with Crippen LogP contribution in [0.1, 0.15) is 55.5 Å². The van der Waals surface area contributed by atoms with E-state index in [1.54, 1.807) is 12.1 Å². The first kappa shape index (κ1) is 27.6. The fourth-order valence-electron chi connectivity index (χ4n) is 3.71. The van der Waals surface area contributed by atoms with Gasteiger partial charge in [-0.1, -0.05) is 62.7 Å². The van der Waals surface area contributed by atoms with E-state index in [4.69, 9.17) is 0 Å². The van der Waals surface area contributed by atoms with Crippen LogP contribution in [0.25, 0.3) is 11.1 Å². The van der Waals surface area contributed by atoms with E-state index in [2.05, 4.69) is 23.3 Å². The lowest BCUT2D eigenvalue weighted by Gasteiger charge is -2.17. The maximum atomic E-state index is 12.1. The van der Waals surface area contributed by atoms with Gasteiger partial charge in [-0.05, 0) is 48.1 Å². The molecule has 0 aliphatic rings. The van der Waals surface area contributed by atoms with Crippen LogP contribution in [-0.2, 0) is 16.1 Å². The summed E-state index contributed by atoms with van der Waals surface area (Å²) in [5, 5.41) is 15.5. The number of Topliss-reactive ketones (excluding diaryl/α,β-unsaturated/α-hetero) is 1. The second kappa shape index (κ2) is 14.6. The molecule has 0 radical (unpaired) electrons. The molecule has 34 heavy (non-hydrogen) atoms. The Morgan fingerprint density at radius 1 is 0.971 bits per heavy atom. The third-order valence-electron chi connectivity index (χ3n) is 5.86. The van der Waals surface area contributed by atoms with Gasteiger partial charge in [-0.3, -0.25) is 9.59 Å². The molecule has 0 aliphatic carbocycles. The van der Waals surface area contributed by atoms with E-state index in [0.717, 1.165) is 43.5 Å². The average molecular weight is 485 g/mol. The zero-order chi connectivity index (χ0) is 24.9. The number of carbonyl (C=O) groups excluding carboxylic acids is 2. The van der Waals surface area contributed by atoms with Crippen LogP contribution >= 0.6 is 12.6 Å². The molecule has 3 N–H and O–H groups in total. The molecule has 2 aromatic rings. The highest BCUT2D eigenvalue weighted by atomic mass is 32.1. The minimum Gasteiger partial charge on any atom is -0.478 e. The maximum Gasteiger partial charge on any atom is 0.336 e. The fraction of sp³-hybridized carbons (Fsp3) is 0.444. The summed E-state index contributed by atoms with van der Waals surface area (Å²) in [6.07, 6.45) is 3.21. The highest BCUT2D eigenvalue weighted by Crippen LogP contribution is 2.24. The summed E-state index contributed by atoms with van der Waals surface area (Å²) in [5.74, 6) is -0.450. The molecule has 0 aromatic heterocycles. The van der Waals surface area contributed by atoms with Gasteiger partial charge >= 0.3 is 5.97 Å². The maximum absolute atomic E-state index is 12.1. The minimum absolute atomic E-state index is 0.0625. The Morgan fingerprint density at radius 2 is 1.68 bits per heavy atom. The Morgan fingerprint density at radius 3 is 2.32 bits per heavy atom. The summed E-state index contributed by atoms with van der Waals surface area (Å²) in [6.45, 7) is 5.64. The second-order valence-electron chi connectivity index (χ2n) is 8.82. The minimum atomic E-state index is -0.930. The van der Waals surface area contributed by atoms with Crippen molar-refractivity contribution in [2.45, 2.75) is 46.1 Å². The molecular formula is C27H36N2O4S. The van der Waals surface area contributed by atoms with Crippen LogP contribution in [0.4, 0.5) is 0 Å². The molecule has 2 aromatic carbocycles. The van der Waals surface area contributed by atoms with Crippen LogP contribution in [0, 0.1) is 11.8 Å². The van der Waals surface area contributed by atoms with Gasteiger partial charge in [0, 0.05) is 24.6 Å². The highest BCUT2D eigenvalue weighted by Gasteiger charge is 2.20. The predicted molar refractivity (Wildman–Crippen MR) is 139 cm³/mol. The Balaban J connectivity index is 1.62. The summed E-state index contributed by atoms with van der Waals surface area (Å²) < 4.78 is 0. The third kappa shape index (κ3) is 8.95. The van der Waals surface area contributed by atoms with Crippen molar-refractivity contribution in [3.8, 4) is 11.1 Å². The number of unbranched alkanes of at least 4 members (excludes halogenated alkanes) is 2. The molecule has 0 spiro atoms. The van der Waals surface area contributed by atoms with Crippen LogP contribution in [0.3, 0.4) is 0 Å².